The van der Waals surface area contributed by atoms with Crippen molar-refractivity contribution >= 4 is 87.2 Å². The summed E-state index contributed by atoms with van der Waals surface area (Å²) in [6.45, 7) is 0. The molecule has 9 aromatic carbocycles. The molecule has 286 valence electrons. The average Bonchev–Trinajstić information content (AvgIpc) is 4.04. The number of fused-ring (bicyclic) bond motifs is 12. The van der Waals surface area contributed by atoms with Crippen molar-refractivity contribution in [2.24, 2.45) is 0 Å². The van der Waals surface area contributed by atoms with Crippen molar-refractivity contribution in [3.63, 3.8) is 0 Å². The zero-order valence-corrected chi connectivity index (χ0v) is 33.2. The summed E-state index contributed by atoms with van der Waals surface area (Å²) in [5.41, 5.74) is 12.4. The molecule has 0 N–H and O–H groups in total. The lowest BCUT2D eigenvalue weighted by Crippen LogP contribution is -2.06. The lowest BCUT2D eigenvalue weighted by atomic mass is 10.0. The van der Waals surface area contributed by atoms with Crippen LogP contribution in [0.5, 0.6) is 0 Å². The van der Waals surface area contributed by atoms with Crippen molar-refractivity contribution in [2.45, 2.75) is 0 Å². The van der Waals surface area contributed by atoms with Crippen molar-refractivity contribution in [2.75, 3.05) is 0 Å². The molecule has 0 saturated carbocycles. The maximum atomic E-state index is 11.5. The smallest absolute Gasteiger partial charge is 0.104 e. The van der Waals surface area contributed by atoms with E-state index in [0.717, 1.165) is 93.2 Å². The number of aromatic nitrogens is 4. The molecule has 6 nitrogen and oxygen atoms in total. The lowest BCUT2D eigenvalue weighted by Gasteiger charge is -2.17. The molecule has 0 bridgehead atoms. The van der Waals surface area contributed by atoms with E-state index in [4.69, 9.17) is 0 Å². The van der Waals surface area contributed by atoms with E-state index in [-0.39, 0.29) is 0 Å². The van der Waals surface area contributed by atoms with Crippen LogP contribution in [0.25, 0.3) is 110 Å². The molecule has 0 spiro atoms. The Morgan fingerprint density at radius 2 is 0.661 bits per heavy atom. The van der Waals surface area contributed by atoms with Crippen molar-refractivity contribution in [3.05, 3.63) is 205 Å². The predicted octanol–water partition coefficient (Wildman–Crippen LogP) is 13.8. The van der Waals surface area contributed by atoms with E-state index >= 15 is 0 Å². The van der Waals surface area contributed by atoms with Crippen molar-refractivity contribution in [1.82, 2.24) is 18.3 Å². The van der Waals surface area contributed by atoms with Crippen LogP contribution in [-0.4, -0.2) is 18.3 Å². The summed E-state index contributed by atoms with van der Waals surface area (Å²) in [5.74, 6) is 0. The zero-order chi connectivity index (χ0) is 41.1. The molecule has 0 atom stereocenters. The van der Waals surface area contributed by atoms with Crippen LogP contribution in [0.4, 0.5) is 0 Å². The standard InChI is InChI=1S/C56H32N6/c57-33-35-27-28-51(61-49-25-13-9-21-40(49)44-29-42-38-19-7-11-23-47(38)59(52(42)31-54(44)61)36-15-3-1-4-16-36)46(34-58)56(35)62-50-26-14-10-22-41(50)45-30-43-39-20-8-12-24-48(39)60(53(43)32-55(45)62)37-17-5-2-6-18-37/h1-32H. The quantitative estimate of drug-likeness (QED) is 0.178. The van der Waals surface area contributed by atoms with Gasteiger partial charge in [-0.05, 0) is 84.9 Å². The molecule has 6 heteroatoms. The van der Waals surface area contributed by atoms with Crippen molar-refractivity contribution in [3.8, 4) is 34.9 Å². The van der Waals surface area contributed by atoms with Gasteiger partial charge in [0.05, 0.1) is 61.1 Å². The first-order valence-corrected chi connectivity index (χ1v) is 20.7. The van der Waals surface area contributed by atoms with E-state index in [1.54, 1.807) is 0 Å². The number of hydrogen-bond acceptors (Lipinski definition) is 2. The Morgan fingerprint density at radius 3 is 1.10 bits per heavy atom. The molecule has 62 heavy (non-hydrogen) atoms. The monoisotopic (exact) mass is 788 g/mol. The van der Waals surface area contributed by atoms with Crippen molar-refractivity contribution < 1.29 is 0 Å². The van der Waals surface area contributed by atoms with E-state index in [0.29, 0.717) is 22.5 Å². The first-order valence-electron chi connectivity index (χ1n) is 20.7. The molecule has 0 fully saturated rings. The Hall–Kier alpha value is -8.84. The highest BCUT2D eigenvalue weighted by Crippen LogP contribution is 2.44. The molecule has 0 unspecified atom stereocenters. The summed E-state index contributed by atoms with van der Waals surface area (Å²) < 4.78 is 9.01. The molecular formula is C56H32N6. The highest BCUT2D eigenvalue weighted by Gasteiger charge is 2.26. The normalized spacial score (nSPS) is 11.8. The summed E-state index contributed by atoms with van der Waals surface area (Å²) >= 11 is 0. The van der Waals surface area contributed by atoms with Crippen molar-refractivity contribution in [1.29, 1.82) is 10.5 Å². The van der Waals surface area contributed by atoms with Gasteiger partial charge in [-0.25, -0.2) is 0 Å². The first kappa shape index (κ1) is 34.1. The van der Waals surface area contributed by atoms with Gasteiger partial charge in [0.2, 0.25) is 0 Å². The van der Waals surface area contributed by atoms with E-state index < -0.39 is 0 Å². The van der Waals surface area contributed by atoms with Gasteiger partial charge < -0.3 is 18.3 Å². The highest BCUT2D eigenvalue weighted by atomic mass is 15.0. The second-order valence-electron chi connectivity index (χ2n) is 15.9. The van der Waals surface area contributed by atoms with Crippen LogP contribution in [0.2, 0.25) is 0 Å². The van der Waals surface area contributed by atoms with Gasteiger partial charge in [0, 0.05) is 54.5 Å². The number of nitrogens with zero attached hydrogens (tertiary/aromatic N) is 6. The summed E-state index contributed by atoms with van der Waals surface area (Å²) in [6, 6.07) is 72.9. The fourth-order valence-electron chi connectivity index (χ4n) is 10.3. The van der Waals surface area contributed by atoms with Crippen LogP contribution in [-0.2, 0) is 0 Å². The molecule has 13 aromatic rings. The lowest BCUT2D eigenvalue weighted by molar-refractivity contribution is 1.11. The SMILES string of the molecule is N#Cc1ccc(-n2c3ccccc3c3cc4c5ccccc5n(-c5ccccc5)c4cc32)c(C#N)c1-n1c2ccccc2c2cc3c4ccccc4n(-c4ccccc4)c3cc21. The molecule has 4 heterocycles. The van der Waals surface area contributed by atoms with Gasteiger partial charge in [-0.2, -0.15) is 10.5 Å². The largest absolute Gasteiger partial charge is 0.309 e. The number of para-hydroxylation sites is 6. The molecule has 0 saturated heterocycles. The minimum atomic E-state index is 0.418. The third-order valence-electron chi connectivity index (χ3n) is 12.8. The van der Waals surface area contributed by atoms with Gasteiger partial charge in [0.15, 0.2) is 0 Å². The van der Waals surface area contributed by atoms with Crippen LogP contribution in [0.3, 0.4) is 0 Å². The van der Waals surface area contributed by atoms with Crippen LogP contribution >= 0.6 is 0 Å². The average molecular weight is 789 g/mol. The summed E-state index contributed by atoms with van der Waals surface area (Å²) in [6.07, 6.45) is 0. The maximum absolute atomic E-state index is 11.5. The topological polar surface area (TPSA) is 67.3 Å². The van der Waals surface area contributed by atoms with Gasteiger partial charge >= 0.3 is 0 Å². The van der Waals surface area contributed by atoms with Gasteiger partial charge in [-0.3, -0.25) is 0 Å². The van der Waals surface area contributed by atoms with Crippen LogP contribution in [0.15, 0.2) is 194 Å². The van der Waals surface area contributed by atoms with Gasteiger partial charge in [-0.15, -0.1) is 0 Å². The summed E-state index contributed by atoms with van der Waals surface area (Å²) in [4.78, 5) is 0. The second kappa shape index (κ2) is 12.8. The maximum Gasteiger partial charge on any atom is 0.104 e. The Kier molecular flexibility index (Phi) is 7.05. The Balaban J connectivity index is 1.16. The van der Waals surface area contributed by atoms with E-state index in [9.17, 15) is 10.5 Å². The molecule has 0 amide bonds. The summed E-state index contributed by atoms with van der Waals surface area (Å²) in [7, 11) is 0. The minimum absolute atomic E-state index is 0.418. The Labute approximate surface area is 354 Å². The van der Waals surface area contributed by atoms with E-state index in [1.165, 1.54) is 5.39 Å². The Morgan fingerprint density at radius 1 is 0.290 bits per heavy atom. The van der Waals surface area contributed by atoms with Crippen LogP contribution < -0.4 is 0 Å². The Bertz CT molecular complexity index is 4110. The summed E-state index contributed by atoms with van der Waals surface area (Å²) in [5, 5.41) is 31.4. The number of benzene rings is 9. The molecule has 0 aliphatic heterocycles. The molecule has 0 aliphatic rings. The zero-order valence-electron chi connectivity index (χ0n) is 33.2. The molecule has 0 aliphatic carbocycles. The third kappa shape index (κ3) is 4.55. The molecule has 0 radical (unpaired) electrons. The fraction of sp³-hybridized carbons (Fsp3) is 0. The first-order chi connectivity index (χ1) is 30.7. The molecule has 4 aromatic heterocycles. The van der Waals surface area contributed by atoms with E-state index in [1.807, 2.05) is 30.3 Å². The number of rotatable bonds is 4. The molecule has 13 rings (SSSR count). The van der Waals surface area contributed by atoms with Crippen LogP contribution in [0.1, 0.15) is 11.1 Å². The number of hydrogen-bond donors (Lipinski definition) is 0. The minimum Gasteiger partial charge on any atom is -0.309 e. The molecular weight excluding hydrogens is 757 g/mol. The predicted molar refractivity (Wildman–Crippen MR) is 253 cm³/mol. The highest BCUT2D eigenvalue weighted by molar-refractivity contribution is 6.21. The fourth-order valence-corrected chi connectivity index (χ4v) is 10.3. The van der Waals surface area contributed by atoms with Gasteiger partial charge in [0.25, 0.3) is 0 Å². The van der Waals surface area contributed by atoms with Gasteiger partial charge in [0.1, 0.15) is 17.7 Å². The van der Waals surface area contributed by atoms with E-state index in [2.05, 4.69) is 194 Å². The number of nitriles is 2. The third-order valence-corrected chi connectivity index (χ3v) is 12.8. The van der Waals surface area contributed by atoms with Crippen LogP contribution in [0, 0.1) is 22.7 Å². The second-order valence-corrected chi connectivity index (χ2v) is 15.9. The van der Waals surface area contributed by atoms with Gasteiger partial charge in [-0.1, -0.05) is 109 Å².